The van der Waals surface area contributed by atoms with Crippen LogP contribution in [-0.4, -0.2) is 20.3 Å². The number of unbranched alkanes of at least 4 members (excludes halogenated alkanes) is 1. The van der Waals surface area contributed by atoms with Gasteiger partial charge in [-0.1, -0.05) is 25.5 Å². The van der Waals surface area contributed by atoms with E-state index in [0.717, 1.165) is 13.2 Å². The maximum Gasteiger partial charge on any atom is 0.0454 e. The van der Waals surface area contributed by atoms with Crippen molar-refractivity contribution in [3.8, 4) is 0 Å². The smallest absolute Gasteiger partial charge is 0.0454 e. The van der Waals surface area contributed by atoms with Crippen LogP contribution < -0.4 is 10.6 Å². The summed E-state index contributed by atoms with van der Waals surface area (Å²) in [5.74, 6) is 0. The predicted molar refractivity (Wildman–Crippen MR) is 46.0 cm³/mol. The summed E-state index contributed by atoms with van der Waals surface area (Å²) >= 11 is 0. The van der Waals surface area contributed by atoms with E-state index in [9.17, 15) is 0 Å². The van der Waals surface area contributed by atoms with Gasteiger partial charge in [0, 0.05) is 13.2 Å². The summed E-state index contributed by atoms with van der Waals surface area (Å²) in [5, 5.41) is 6.21. The Morgan fingerprint density at radius 2 is 2.10 bits per heavy atom. The standard InChI is InChI=1S/C8H18N2/c1-3-4-5-6-7-10-8-9-2/h5-6,9-10H,3-4,7-8H2,1-2H3/b6-5-. The molecule has 0 amide bonds. The Kier molecular flexibility index (Phi) is 8.37. The summed E-state index contributed by atoms with van der Waals surface area (Å²) in [6.45, 7) is 4.04. The number of hydrogen-bond donors (Lipinski definition) is 2. The van der Waals surface area contributed by atoms with Crippen molar-refractivity contribution in [2.75, 3.05) is 20.3 Å². The van der Waals surface area contributed by atoms with Crippen LogP contribution in [0.4, 0.5) is 0 Å². The minimum Gasteiger partial charge on any atom is -0.308 e. The average Bonchev–Trinajstić information content (AvgIpc) is 1.97. The summed E-state index contributed by atoms with van der Waals surface area (Å²) in [5.41, 5.74) is 0. The van der Waals surface area contributed by atoms with Crippen molar-refractivity contribution in [1.29, 1.82) is 0 Å². The molecule has 0 aliphatic carbocycles. The third kappa shape index (κ3) is 7.66. The lowest BCUT2D eigenvalue weighted by Gasteiger charge is -1.96. The molecule has 10 heavy (non-hydrogen) atoms. The van der Waals surface area contributed by atoms with Gasteiger partial charge in [-0.15, -0.1) is 0 Å². The number of hydrogen-bond acceptors (Lipinski definition) is 2. The molecule has 0 heterocycles. The van der Waals surface area contributed by atoms with E-state index < -0.39 is 0 Å². The molecule has 2 N–H and O–H groups in total. The Labute approximate surface area is 63.7 Å². The van der Waals surface area contributed by atoms with E-state index in [1.165, 1.54) is 12.8 Å². The van der Waals surface area contributed by atoms with Crippen molar-refractivity contribution in [1.82, 2.24) is 10.6 Å². The van der Waals surface area contributed by atoms with Gasteiger partial charge in [0.1, 0.15) is 0 Å². The lowest BCUT2D eigenvalue weighted by atomic mass is 10.3. The van der Waals surface area contributed by atoms with Crippen molar-refractivity contribution >= 4 is 0 Å². The molecule has 0 radical (unpaired) electrons. The summed E-state index contributed by atoms with van der Waals surface area (Å²) < 4.78 is 0. The first-order chi connectivity index (χ1) is 4.91. The van der Waals surface area contributed by atoms with E-state index in [4.69, 9.17) is 0 Å². The van der Waals surface area contributed by atoms with Gasteiger partial charge in [-0.05, 0) is 13.5 Å². The lowest BCUT2D eigenvalue weighted by molar-refractivity contribution is 0.673. The van der Waals surface area contributed by atoms with Gasteiger partial charge in [0.05, 0.1) is 0 Å². The van der Waals surface area contributed by atoms with Crippen LogP contribution in [0.5, 0.6) is 0 Å². The first-order valence-electron chi connectivity index (χ1n) is 3.92. The van der Waals surface area contributed by atoms with Gasteiger partial charge in [-0.2, -0.15) is 0 Å². The monoisotopic (exact) mass is 142 g/mol. The zero-order valence-corrected chi connectivity index (χ0v) is 6.98. The normalized spacial score (nSPS) is 11.0. The van der Waals surface area contributed by atoms with Crippen LogP contribution in [0.15, 0.2) is 12.2 Å². The van der Waals surface area contributed by atoms with E-state index in [0.29, 0.717) is 0 Å². The minimum absolute atomic E-state index is 0.885. The molecular weight excluding hydrogens is 124 g/mol. The quantitative estimate of drug-likeness (QED) is 0.330. The molecule has 0 atom stereocenters. The molecule has 0 aromatic rings. The van der Waals surface area contributed by atoms with Crippen molar-refractivity contribution in [3.05, 3.63) is 12.2 Å². The molecule has 0 saturated carbocycles. The fraction of sp³-hybridized carbons (Fsp3) is 0.750. The summed E-state index contributed by atoms with van der Waals surface area (Å²) in [6, 6.07) is 0. The third-order valence-corrected chi connectivity index (χ3v) is 1.19. The van der Waals surface area contributed by atoms with Crippen LogP contribution in [0, 0.1) is 0 Å². The Balaban J connectivity index is 2.88. The largest absolute Gasteiger partial charge is 0.308 e. The van der Waals surface area contributed by atoms with Crippen LogP contribution >= 0.6 is 0 Å². The van der Waals surface area contributed by atoms with Crippen molar-refractivity contribution < 1.29 is 0 Å². The van der Waals surface area contributed by atoms with Gasteiger partial charge in [-0.25, -0.2) is 0 Å². The second kappa shape index (κ2) is 8.66. The predicted octanol–water partition coefficient (Wildman–Crippen LogP) is 1.11. The highest BCUT2D eigenvalue weighted by molar-refractivity contribution is 4.82. The molecule has 0 aliphatic heterocycles. The zero-order chi connectivity index (χ0) is 7.66. The molecule has 2 heteroatoms. The van der Waals surface area contributed by atoms with E-state index in [1.54, 1.807) is 0 Å². The number of allylic oxidation sites excluding steroid dienone is 1. The Bertz CT molecular complexity index is 79.3. The van der Waals surface area contributed by atoms with Crippen molar-refractivity contribution in [2.24, 2.45) is 0 Å². The van der Waals surface area contributed by atoms with Gasteiger partial charge >= 0.3 is 0 Å². The fourth-order valence-corrected chi connectivity index (χ4v) is 0.648. The van der Waals surface area contributed by atoms with E-state index in [-0.39, 0.29) is 0 Å². The molecular formula is C8H18N2. The van der Waals surface area contributed by atoms with Gasteiger partial charge in [0.25, 0.3) is 0 Å². The van der Waals surface area contributed by atoms with Crippen LogP contribution in [0.3, 0.4) is 0 Å². The molecule has 0 fully saturated rings. The first-order valence-corrected chi connectivity index (χ1v) is 3.92. The van der Waals surface area contributed by atoms with Gasteiger partial charge in [-0.3, -0.25) is 0 Å². The number of rotatable bonds is 6. The van der Waals surface area contributed by atoms with E-state index >= 15 is 0 Å². The summed E-state index contributed by atoms with van der Waals surface area (Å²) in [6.07, 6.45) is 6.81. The second-order valence-corrected chi connectivity index (χ2v) is 2.24. The summed E-state index contributed by atoms with van der Waals surface area (Å²) in [4.78, 5) is 0. The van der Waals surface area contributed by atoms with E-state index in [1.807, 2.05) is 7.05 Å². The van der Waals surface area contributed by atoms with Crippen molar-refractivity contribution in [2.45, 2.75) is 19.8 Å². The van der Waals surface area contributed by atoms with Crippen molar-refractivity contribution in [3.63, 3.8) is 0 Å². The van der Waals surface area contributed by atoms with Crippen LogP contribution in [0.2, 0.25) is 0 Å². The lowest BCUT2D eigenvalue weighted by Crippen LogP contribution is -2.25. The summed E-state index contributed by atoms with van der Waals surface area (Å²) in [7, 11) is 1.93. The van der Waals surface area contributed by atoms with E-state index in [2.05, 4.69) is 29.7 Å². The zero-order valence-electron chi connectivity index (χ0n) is 6.98. The maximum absolute atomic E-state index is 3.20. The highest BCUT2D eigenvalue weighted by Crippen LogP contribution is 1.86. The van der Waals surface area contributed by atoms with Crippen LogP contribution in [0.1, 0.15) is 19.8 Å². The molecule has 0 aromatic carbocycles. The molecule has 0 aromatic heterocycles. The molecule has 0 spiro atoms. The Morgan fingerprint density at radius 3 is 2.70 bits per heavy atom. The third-order valence-electron chi connectivity index (χ3n) is 1.19. The molecule has 0 unspecified atom stereocenters. The van der Waals surface area contributed by atoms with Gasteiger partial charge in [0.15, 0.2) is 0 Å². The molecule has 0 saturated heterocycles. The molecule has 0 rings (SSSR count). The highest BCUT2D eigenvalue weighted by atomic mass is 15.0. The maximum atomic E-state index is 3.20. The molecule has 2 nitrogen and oxygen atoms in total. The Hall–Kier alpha value is -0.340. The van der Waals surface area contributed by atoms with Gasteiger partial charge in [0.2, 0.25) is 0 Å². The van der Waals surface area contributed by atoms with Gasteiger partial charge < -0.3 is 10.6 Å². The first kappa shape index (κ1) is 9.66. The van der Waals surface area contributed by atoms with Crippen LogP contribution in [0.25, 0.3) is 0 Å². The highest BCUT2D eigenvalue weighted by Gasteiger charge is 1.76. The Morgan fingerprint density at radius 1 is 1.30 bits per heavy atom. The van der Waals surface area contributed by atoms with Crippen LogP contribution in [-0.2, 0) is 0 Å². The second-order valence-electron chi connectivity index (χ2n) is 2.24. The molecule has 0 bridgehead atoms. The topological polar surface area (TPSA) is 24.1 Å². The molecule has 60 valence electrons. The SMILES string of the molecule is CCC/C=C\CNCNC. The number of nitrogens with one attached hydrogen (secondary N) is 2. The minimum atomic E-state index is 0.885. The fourth-order valence-electron chi connectivity index (χ4n) is 0.648. The average molecular weight is 142 g/mol. The molecule has 0 aliphatic rings.